The molecule has 1 aliphatic heterocycles. The second kappa shape index (κ2) is 5.65. The van der Waals surface area contributed by atoms with Crippen LogP contribution in [0.25, 0.3) is 0 Å². The van der Waals surface area contributed by atoms with E-state index in [1.165, 1.54) is 4.90 Å². The Morgan fingerprint density at radius 2 is 1.90 bits per heavy atom. The van der Waals surface area contributed by atoms with Crippen molar-refractivity contribution < 1.29 is 9.59 Å². The van der Waals surface area contributed by atoms with Gasteiger partial charge in [0.1, 0.15) is 5.54 Å². The monoisotopic (exact) mass is 274 g/mol. The topological polar surface area (TPSA) is 49.4 Å². The normalized spacial score (nSPS) is 23.9. The molecule has 1 aromatic carbocycles. The van der Waals surface area contributed by atoms with Gasteiger partial charge in [0.2, 0.25) is 0 Å². The van der Waals surface area contributed by atoms with Gasteiger partial charge >= 0.3 is 6.03 Å². The van der Waals surface area contributed by atoms with E-state index < -0.39 is 5.54 Å². The van der Waals surface area contributed by atoms with Crippen LogP contribution < -0.4 is 5.32 Å². The number of imide groups is 1. The lowest BCUT2D eigenvalue weighted by Crippen LogP contribution is -2.46. The number of amides is 3. The van der Waals surface area contributed by atoms with Gasteiger partial charge in [0, 0.05) is 13.0 Å². The van der Waals surface area contributed by atoms with Gasteiger partial charge in [0.05, 0.1) is 0 Å². The zero-order chi connectivity index (χ0) is 14.8. The van der Waals surface area contributed by atoms with Gasteiger partial charge in [-0.3, -0.25) is 9.69 Å². The van der Waals surface area contributed by atoms with Crippen LogP contribution in [0.3, 0.4) is 0 Å². The Bertz CT molecular complexity index is 500. The zero-order valence-corrected chi connectivity index (χ0v) is 12.3. The molecular weight excluding hydrogens is 252 g/mol. The summed E-state index contributed by atoms with van der Waals surface area (Å²) in [5.41, 5.74) is 0.223. The van der Waals surface area contributed by atoms with Crippen LogP contribution in [0.1, 0.15) is 32.8 Å². The Hall–Kier alpha value is -1.84. The van der Waals surface area contributed by atoms with Crippen LogP contribution >= 0.6 is 0 Å². The number of benzene rings is 1. The molecule has 2 rings (SSSR count). The maximum absolute atomic E-state index is 12.5. The predicted octanol–water partition coefficient (Wildman–Crippen LogP) is 2.59. The van der Waals surface area contributed by atoms with Crippen molar-refractivity contribution in [1.29, 1.82) is 0 Å². The van der Waals surface area contributed by atoms with Crippen LogP contribution in [-0.4, -0.2) is 28.9 Å². The molecule has 0 saturated carbocycles. The summed E-state index contributed by atoms with van der Waals surface area (Å²) < 4.78 is 0. The van der Waals surface area contributed by atoms with E-state index in [0.717, 1.165) is 12.0 Å². The first-order chi connectivity index (χ1) is 9.46. The van der Waals surface area contributed by atoms with E-state index in [4.69, 9.17) is 0 Å². The number of hydrogen-bond acceptors (Lipinski definition) is 2. The van der Waals surface area contributed by atoms with Gasteiger partial charge < -0.3 is 5.32 Å². The number of nitrogens with zero attached hydrogens (tertiary/aromatic N) is 1. The molecule has 4 nitrogen and oxygen atoms in total. The smallest absolute Gasteiger partial charge is 0.323 e. The molecule has 0 aliphatic carbocycles. The third kappa shape index (κ3) is 2.84. The van der Waals surface area contributed by atoms with Crippen molar-refractivity contribution >= 4 is 11.9 Å². The third-order valence-corrected chi connectivity index (χ3v) is 3.94. The Morgan fingerprint density at radius 1 is 1.25 bits per heavy atom. The molecule has 0 unspecified atom stereocenters. The van der Waals surface area contributed by atoms with Crippen molar-refractivity contribution in [3.05, 3.63) is 35.9 Å². The summed E-state index contributed by atoms with van der Waals surface area (Å²) in [6.07, 6.45) is 1.47. The van der Waals surface area contributed by atoms with Crippen LogP contribution in [0.2, 0.25) is 0 Å². The zero-order valence-electron chi connectivity index (χ0n) is 12.3. The van der Waals surface area contributed by atoms with Crippen LogP contribution in [0.5, 0.6) is 0 Å². The van der Waals surface area contributed by atoms with Crippen molar-refractivity contribution in [2.75, 3.05) is 6.54 Å². The third-order valence-electron chi connectivity index (χ3n) is 3.94. The van der Waals surface area contributed by atoms with Crippen molar-refractivity contribution in [3.8, 4) is 0 Å². The highest BCUT2D eigenvalue weighted by molar-refractivity contribution is 6.06. The molecule has 108 valence electrons. The lowest BCUT2D eigenvalue weighted by Gasteiger charge is -2.22. The number of hydrogen-bond donors (Lipinski definition) is 1. The van der Waals surface area contributed by atoms with E-state index in [0.29, 0.717) is 18.9 Å². The fourth-order valence-corrected chi connectivity index (χ4v) is 2.48. The van der Waals surface area contributed by atoms with Gasteiger partial charge in [-0.15, -0.1) is 0 Å². The van der Waals surface area contributed by atoms with E-state index in [9.17, 15) is 9.59 Å². The average Bonchev–Trinajstić information content (AvgIpc) is 2.63. The highest BCUT2D eigenvalue weighted by Crippen LogP contribution is 2.23. The highest BCUT2D eigenvalue weighted by atomic mass is 16.2. The maximum Gasteiger partial charge on any atom is 0.325 e. The van der Waals surface area contributed by atoms with Gasteiger partial charge in [-0.2, -0.15) is 0 Å². The molecule has 1 aromatic rings. The van der Waals surface area contributed by atoms with Crippen molar-refractivity contribution in [2.45, 2.75) is 39.2 Å². The summed E-state index contributed by atoms with van der Waals surface area (Å²) in [6.45, 7) is 6.40. The molecule has 1 fully saturated rings. The molecule has 1 heterocycles. The predicted molar refractivity (Wildman–Crippen MR) is 78.3 cm³/mol. The lowest BCUT2D eigenvalue weighted by atomic mass is 9.92. The summed E-state index contributed by atoms with van der Waals surface area (Å²) in [7, 11) is 0. The molecule has 0 bridgehead atoms. The Morgan fingerprint density at radius 3 is 2.50 bits per heavy atom. The van der Waals surface area contributed by atoms with Crippen molar-refractivity contribution in [2.24, 2.45) is 5.92 Å². The number of carbonyl (C=O) groups excluding carboxylic acids is 2. The maximum atomic E-state index is 12.5. The molecule has 0 aromatic heterocycles. The van der Waals surface area contributed by atoms with Crippen molar-refractivity contribution in [1.82, 2.24) is 10.2 Å². The van der Waals surface area contributed by atoms with Gasteiger partial charge in [0.15, 0.2) is 0 Å². The number of nitrogens with one attached hydrogen (secondary N) is 1. The van der Waals surface area contributed by atoms with Crippen molar-refractivity contribution in [3.63, 3.8) is 0 Å². The minimum atomic E-state index is -0.827. The van der Waals surface area contributed by atoms with Crippen LogP contribution in [0.4, 0.5) is 4.79 Å². The molecule has 1 saturated heterocycles. The average molecular weight is 274 g/mol. The quantitative estimate of drug-likeness (QED) is 0.839. The number of carbonyl (C=O) groups is 2. The van der Waals surface area contributed by atoms with E-state index in [-0.39, 0.29) is 11.9 Å². The molecule has 20 heavy (non-hydrogen) atoms. The lowest BCUT2D eigenvalue weighted by molar-refractivity contribution is -0.131. The molecule has 4 heteroatoms. The Balaban J connectivity index is 2.13. The summed E-state index contributed by atoms with van der Waals surface area (Å²) >= 11 is 0. The second-order valence-corrected chi connectivity index (χ2v) is 5.85. The van der Waals surface area contributed by atoms with E-state index >= 15 is 0 Å². The highest BCUT2D eigenvalue weighted by Gasteiger charge is 2.47. The van der Waals surface area contributed by atoms with E-state index in [2.05, 4.69) is 12.2 Å². The first kappa shape index (κ1) is 14.6. The molecular formula is C16H22N2O2. The summed E-state index contributed by atoms with van der Waals surface area (Å²) in [6, 6.07) is 9.50. The number of rotatable bonds is 5. The standard InChI is InChI=1S/C16H22N2O2/c1-4-12(2)11-18-14(19)16(3,17-15(18)20)10-13-8-6-5-7-9-13/h5-9,12H,4,10-11H2,1-3H3,(H,17,20)/t12-,16-/m0/s1. The summed E-state index contributed by atoms with van der Waals surface area (Å²) in [5, 5.41) is 2.85. The van der Waals surface area contributed by atoms with Gasteiger partial charge in [0.25, 0.3) is 5.91 Å². The fourth-order valence-electron chi connectivity index (χ4n) is 2.48. The molecule has 3 amide bonds. The fraction of sp³-hybridized carbons (Fsp3) is 0.500. The molecule has 2 atom stereocenters. The van der Waals surface area contributed by atoms with Gasteiger partial charge in [-0.05, 0) is 18.4 Å². The summed E-state index contributed by atoms with van der Waals surface area (Å²) in [4.78, 5) is 25.9. The van der Waals surface area contributed by atoms with Gasteiger partial charge in [-0.25, -0.2) is 4.79 Å². The minimum absolute atomic E-state index is 0.119. The second-order valence-electron chi connectivity index (χ2n) is 5.85. The first-order valence-electron chi connectivity index (χ1n) is 7.14. The SMILES string of the molecule is CC[C@H](C)CN1C(=O)N[C@@](C)(Cc2ccccc2)C1=O. The van der Waals surface area contributed by atoms with E-state index in [1.807, 2.05) is 37.3 Å². The first-order valence-corrected chi connectivity index (χ1v) is 7.14. The van der Waals surface area contributed by atoms with E-state index in [1.54, 1.807) is 6.92 Å². The Kier molecular flexibility index (Phi) is 4.12. The molecule has 0 radical (unpaired) electrons. The van der Waals surface area contributed by atoms with Crippen LogP contribution in [-0.2, 0) is 11.2 Å². The molecule has 1 aliphatic rings. The summed E-state index contributed by atoms with van der Waals surface area (Å²) in [5.74, 6) is 0.204. The Labute approximate surface area is 120 Å². The van der Waals surface area contributed by atoms with Gasteiger partial charge in [-0.1, -0.05) is 50.6 Å². The minimum Gasteiger partial charge on any atom is -0.323 e. The van der Waals surface area contributed by atoms with Crippen LogP contribution in [0, 0.1) is 5.92 Å². The van der Waals surface area contributed by atoms with Crippen LogP contribution in [0.15, 0.2) is 30.3 Å². The largest absolute Gasteiger partial charge is 0.325 e. The molecule has 1 N–H and O–H groups in total. The number of urea groups is 1. The molecule has 0 spiro atoms.